The number of para-hydroxylation sites is 1. The summed E-state index contributed by atoms with van der Waals surface area (Å²) in [5, 5.41) is 0. The molecule has 0 heterocycles. The van der Waals surface area contributed by atoms with Crippen molar-refractivity contribution in [2.75, 3.05) is 41.0 Å². The summed E-state index contributed by atoms with van der Waals surface area (Å²) >= 11 is 0. The Balaban J connectivity index is 2.30. The lowest BCUT2D eigenvalue weighted by molar-refractivity contribution is 0.114. The molecule has 0 spiro atoms. The van der Waals surface area contributed by atoms with E-state index in [4.69, 9.17) is 19.9 Å². The highest BCUT2D eigenvalue weighted by Gasteiger charge is 2.35. The zero-order valence-electron chi connectivity index (χ0n) is 13.2. The van der Waals surface area contributed by atoms with Crippen LogP contribution in [-0.4, -0.2) is 52.0 Å². The molecule has 1 aromatic carbocycles. The van der Waals surface area contributed by atoms with Crippen molar-refractivity contribution in [3.8, 4) is 11.5 Å². The van der Waals surface area contributed by atoms with E-state index < -0.39 is 0 Å². The van der Waals surface area contributed by atoms with Gasteiger partial charge in [0.25, 0.3) is 0 Å². The maximum absolute atomic E-state index is 6.08. The van der Waals surface area contributed by atoms with Crippen molar-refractivity contribution in [1.29, 1.82) is 0 Å². The van der Waals surface area contributed by atoms with E-state index in [1.54, 1.807) is 21.3 Å². The molecule has 1 aromatic rings. The predicted octanol–water partition coefficient (Wildman–Crippen LogP) is 1.81. The van der Waals surface area contributed by atoms with Crippen molar-refractivity contribution in [3.05, 3.63) is 23.8 Å². The van der Waals surface area contributed by atoms with E-state index in [-0.39, 0.29) is 6.04 Å². The van der Waals surface area contributed by atoms with Crippen LogP contribution in [0.15, 0.2) is 18.2 Å². The molecule has 0 aliphatic heterocycles. The molecule has 0 aromatic heterocycles. The third-order valence-corrected chi connectivity index (χ3v) is 3.99. The Bertz CT molecular complexity index is 449. The van der Waals surface area contributed by atoms with Crippen molar-refractivity contribution < 1.29 is 14.2 Å². The van der Waals surface area contributed by atoms with Crippen LogP contribution in [0.4, 0.5) is 0 Å². The van der Waals surface area contributed by atoms with E-state index >= 15 is 0 Å². The molecule has 5 heteroatoms. The van der Waals surface area contributed by atoms with Gasteiger partial charge in [0, 0.05) is 31.8 Å². The van der Waals surface area contributed by atoms with Crippen LogP contribution in [0.5, 0.6) is 11.5 Å². The van der Waals surface area contributed by atoms with Gasteiger partial charge >= 0.3 is 0 Å². The van der Waals surface area contributed by atoms with Crippen molar-refractivity contribution in [2.45, 2.75) is 24.9 Å². The van der Waals surface area contributed by atoms with Crippen LogP contribution in [0.3, 0.4) is 0 Å². The summed E-state index contributed by atoms with van der Waals surface area (Å²) in [6, 6.07) is 6.69. The fraction of sp³-hybridized carbons (Fsp3) is 0.625. The molecule has 0 saturated heterocycles. The van der Waals surface area contributed by atoms with E-state index in [0.717, 1.165) is 23.6 Å². The number of ether oxygens (including phenoxy) is 3. The molecule has 1 aliphatic carbocycles. The van der Waals surface area contributed by atoms with Gasteiger partial charge in [-0.2, -0.15) is 0 Å². The van der Waals surface area contributed by atoms with Crippen LogP contribution < -0.4 is 15.2 Å². The molecule has 5 nitrogen and oxygen atoms in total. The molecule has 1 saturated carbocycles. The summed E-state index contributed by atoms with van der Waals surface area (Å²) in [6.45, 7) is 2.13. The lowest BCUT2D eigenvalue weighted by atomic mass is 10.0. The summed E-state index contributed by atoms with van der Waals surface area (Å²) in [6.07, 6.45) is 2.46. The predicted molar refractivity (Wildman–Crippen MR) is 82.9 cm³/mol. The molecular weight excluding hydrogens is 268 g/mol. The van der Waals surface area contributed by atoms with E-state index in [0.29, 0.717) is 19.2 Å². The quantitative estimate of drug-likeness (QED) is 0.753. The molecule has 1 aliphatic rings. The molecular formula is C16H26N2O3. The monoisotopic (exact) mass is 294 g/mol. The number of rotatable bonds is 9. The molecule has 118 valence electrons. The number of benzene rings is 1. The number of nitrogens with zero attached hydrogens (tertiary/aromatic N) is 1. The summed E-state index contributed by atoms with van der Waals surface area (Å²) in [7, 11) is 5.06. The Morgan fingerprint density at radius 3 is 2.52 bits per heavy atom. The largest absolute Gasteiger partial charge is 0.493 e. The van der Waals surface area contributed by atoms with Crippen LogP contribution >= 0.6 is 0 Å². The first-order valence-corrected chi connectivity index (χ1v) is 7.42. The van der Waals surface area contributed by atoms with Gasteiger partial charge in [-0.05, 0) is 18.9 Å². The molecule has 1 atom stereocenters. The van der Waals surface area contributed by atoms with Gasteiger partial charge in [-0.3, -0.25) is 4.90 Å². The molecule has 21 heavy (non-hydrogen) atoms. The molecule has 0 bridgehead atoms. The first kappa shape index (κ1) is 16.1. The number of hydrogen-bond acceptors (Lipinski definition) is 5. The highest BCUT2D eigenvalue weighted by molar-refractivity contribution is 5.48. The minimum atomic E-state index is 0.123. The average molecular weight is 294 g/mol. The van der Waals surface area contributed by atoms with E-state index in [9.17, 15) is 0 Å². The van der Waals surface area contributed by atoms with Gasteiger partial charge in [-0.15, -0.1) is 0 Å². The zero-order chi connectivity index (χ0) is 15.2. The van der Waals surface area contributed by atoms with Gasteiger partial charge in [0.05, 0.1) is 26.9 Å². The highest BCUT2D eigenvalue weighted by Crippen LogP contribution is 2.40. The second-order valence-electron chi connectivity index (χ2n) is 5.30. The summed E-state index contributed by atoms with van der Waals surface area (Å²) in [5.74, 6) is 1.52. The number of hydrogen-bond donors (Lipinski definition) is 1. The van der Waals surface area contributed by atoms with Crippen molar-refractivity contribution in [1.82, 2.24) is 4.90 Å². The molecule has 2 N–H and O–H groups in total. The first-order valence-electron chi connectivity index (χ1n) is 7.42. The maximum atomic E-state index is 6.08. The third-order valence-electron chi connectivity index (χ3n) is 3.99. The Morgan fingerprint density at radius 1 is 1.24 bits per heavy atom. The van der Waals surface area contributed by atoms with Gasteiger partial charge in [0.1, 0.15) is 0 Å². The molecule has 0 radical (unpaired) electrons. The van der Waals surface area contributed by atoms with Crippen LogP contribution in [0.2, 0.25) is 0 Å². The number of nitrogens with two attached hydrogens (primary N) is 1. The van der Waals surface area contributed by atoms with Crippen molar-refractivity contribution in [3.63, 3.8) is 0 Å². The Hall–Kier alpha value is -1.30. The highest BCUT2D eigenvalue weighted by atomic mass is 16.5. The van der Waals surface area contributed by atoms with Crippen molar-refractivity contribution >= 4 is 0 Å². The standard InChI is InChI=1S/C16H26N2O3/c1-19-10-9-18(12-7-8-12)14(11-17)13-5-4-6-15(20-2)16(13)21-3/h4-6,12,14H,7-11,17H2,1-3H3. The van der Waals surface area contributed by atoms with Gasteiger partial charge in [0.2, 0.25) is 0 Å². The Morgan fingerprint density at radius 2 is 2.00 bits per heavy atom. The maximum Gasteiger partial charge on any atom is 0.165 e. The fourth-order valence-corrected chi connectivity index (χ4v) is 2.81. The average Bonchev–Trinajstić information content (AvgIpc) is 3.35. The normalized spacial score (nSPS) is 16.0. The van der Waals surface area contributed by atoms with E-state index in [2.05, 4.69) is 11.0 Å². The Labute approximate surface area is 127 Å². The second kappa shape index (κ2) is 7.64. The lowest BCUT2D eigenvalue weighted by Crippen LogP contribution is -2.38. The minimum Gasteiger partial charge on any atom is -0.493 e. The smallest absolute Gasteiger partial charge is 0.165 e. The topological polar surface area (TPSA) is 57.0 Å². The third kappa shape index (κ3) is 3.67. The molecule has 2 rings (SSSR count). The van der Waals surface area contributed by atoms with Crippen LogP contribution in [0, 0.1) is 0 Å². The lowest BCUT2D eigenvalue weighted by Gasteiger charge is -2.32. The Kier molecular flexibility index (Phi) is 5.85. The fourth-order valence-electron chi connectivity index (χ4n) is 2.81. The summed E-state index contributed by atoms with van der Waals surface area (Å²) in [5.41, 5.74) is 7.16. The van der Waals surface area contributed by atoms with Crippen LogP contribution in [0.1, 0.15) is 24.4 Å². The molecule has 0 amide bonds. The van der Waals surface area contributed by atoms with Crippen LogP contribution in [0.25, 0.3) is 0 Å². The summed E-state index contributed by atoms with van der Waals surface area (Å²) in [4.78, 5) is 2.43. The van der Waals surface area contributed by atoms with E-state index in [1.165, 1.54) is 12.8 Å². The molecule has 1 fully saturated rings. The molecule has 1 unspecified atom stereocenters. The van der Waals surface area contributed by atoms with Gasteiger partial charge < -0.3 is 19.9 Å². The van der Waals surface area contributed by atoms with Crippen LogP contribution in [-0.2, 0) is 4.74 Å². The van der Waals surface area contributed by atoms with Crippen molar-refractivity contribution in [2.24, 2.45) is 5.73 Å². The minimum absolute atomic E-state index is 0.123. The second-order valence-corrected chi connectivity index (χ2v) is 5.30. The SMILES string of the molecule is COCCN(C1CC1)C(CN)c1cccc(OC)c1OC. The zero-order valence-corrected chi connectivity index (χ0v) is 13.2. The van der Waals surface area contributed by atoms with E-state index in [1.807, 2.05) is 12.1 Å². The van der Waals surface area contributed by atoms with Gasteiger partial charge in [0.15, 0.2) is 11.5 Å². The van der Waals surface area contributed by atoms with Gasteiger partial charge in [-0.25, -0.2) is 0 Å². The van der Waals surface area contributed by atoms with Gasteiger partial charge in [-0.1, -0.05) is 12.1 Å². The first-order chi connectivity index (χ1) is 10.3. The summed E-state index contributed by atoms with van der Waals surface area (Å²) < 4.78 is 16.2. The number of methoxy groups -OCH3 is 3.